The molecule has 1 saturated heterocycles. The number of hydrogen-bond donors (Lipinski definition) is 2. The van der Waals surface area contributed by atoms with Crippen LogP contribution in [0.4, 0.5) is 0 Å². The summed E-state index contributed by atoms with van der Waals surface area (Å²) in [6.45, 7) is 2.92. The molecule has 2 fully saturated rings. The van der Waals surface area contributed by atoms with Crippen molar-refractivity contribution in [2.24, 2.45) is 5.41 Å². The fraction of sp³-hybridized carbons (Fsp3) is 0.464. The highest BCUT2D eigenvalue weighted by Gasteiger charge is 2.43. The Morgan fingerprint density at radius 2 is 1.50 bits per heavy atom. The van der Waals surface area contributed by atoms with E-state index >= 15 is 0 Å². The molecule has 1 saturated carbocycles. The molecule has 2 amide bonds. The number of benzene rings is 2. The second-order valence-electron chi connectivity index (χ2n) is 9.93. The van der Waals surface area contributed by atoms with E-state index < -0.39 is 23.5 Å². The van der Waals surface area contributed by atoms with Crippen LogP contribution in [0.5, 0.6) is 0 Å². The molecule has 1 aliphatic carbocycles. The number of nitrogens with zero attached hydrogens (tertiary/aromatic N) is 1. The highest BCUT2D eigenvalue weighted by atomic mass is 16.3. The highest BCUT2D eigenvalue weighted by molar-refractivity contribution is 6.03. The standard InChI is InChI=1S/C28H34N2O4/c1-27(17-9-4-10-18-27)24(31)20-30-19-11-16-23(30)25(32)29-26(33)28(34,21-12-5-2-6-13-21)22-14-7-3-8-15-22/h2-3,5-8,12-15,23,34H,4,9-11,16-20H2,1H3,(H,29,32,33)/t23-/m0/s1. The van der Waals surface area contributed by atoms with Crippen LogP contribution in [0.1, 0.15) is 63.0 Å². The Balaban J connectivity index is 1.50. The number of carbonyl (C=O) groups is 3. The molecular weight excluding hydrogens is 428 g/mol. The van der Waals surface area contributed by atoms with Crippen molar-refractivity contribution in [3.8, 4) is 0 Å². The lowest BCUT2D eigenvalue weighted by atomic mass is 9.72. The zero-order valence-corrected chi connectivity index (χ0v) is 19.8. The first-order valence-electron chi connectivity index (χ1n) is 12.3. The van der Waals surface area contributed by atoms with Crippen molar-refractivity contribution in [3.63, 3.8) is 0 Å². The summed E-state index contributed by atoms with van der Waals surface area (Å²) >= 11 is 0. The van der Waals surface area contributed by atoms with Gasteiger partial charge in [0.05, 0.1) is 12.6 Å². The summed E-state index contributed by atoms with van der Waals surface area (Å²) in [6, 6.07) is 16.7. The van der Waals surface area contributed by atoms with Gasteiger partial charge in [0.2, 0.25) is 5.91 Å². The molecule has 0 aromatic heterocycles. The summed E-state index contributed by atoms with van der Waals surface area (Å²) in [6.07, 6.45) is 6.48. The Morgan fingerprint density at radius 3 is 2.06 bits per heavy atom. The number of imide groups is 1. The van der Waals surface area contributed by atoms with Crippen LogP contribution in [-0.4, -0.2) is 46.7 Å². The monoisotopic (exact) mass is 462 g/mol. The summed E-state index contributed by atoms with van der Waals surface area (Å²) in [5.41, 5.74) is -1.56. The average molecular weight is 463 g/mol. The number of nitrogens with one attached hydrogen (secondary N) is 1. The third-order valence-electron chi connectivity index (χ3n) is 7.59. The number of hydrogen-bond acceptors (Lipinski definition) is 5. The maximum Gasteiger partial charge on any atom is 0.267 e. The average Bonchev–Trinajstić information content (AvgIpc) is 3.33. The molecule has 0 radical (unpaired) electrons. The molecule has 0 unspecified atom stereocenters. The smallest absolute Gasteiger partial charge is 0.267 e. The van der Waals surface area contributed by atoms with Gasteiger partial charge in [-0.1, -0.05) is 86.8 Å². The SMILES string of the molecule is CC1(C(=O)CN2CCC[C@H]2C(=O)NC(=O)C(O)(c2ccccc2)c2ccccc2)CCCCC1. The van der Waals surface area contributed by atoms with Crippen LogP contribution in [-0.2, 0) is 20.0 Å². The molecule has 1 atom stereocenters. The van der Waals surface area contributed by atoms with Crippen molar-refractivity contribution in [2.75, 3.05) is 13.1 Å². The largest absolute Gasteiger partial charge is 0.372 e. The van der Waals surface area contributed by atoms with Gasteiger partial charge in [-0.25, -0.2) is 0 Å². The van der Waals surface area contributed by atoms with Crippen LogP contribution in [0, 0.1) is 5.41 Å². The minimum Gasteiger partial charge on any atom is -0.372 e. The molecule has 1 aliphatic heterocycles. The number of rotatable bonds is 7. The normalized spacial score (nSPS) is 20.6. The van der Waals surface area contributed by atoms with Crippen molar-refractivity contribution in [3.05, 3.63) is 71.8 Å². The minimum absolute atomic E-state index is 0.184. The van der Waals surface area contributed by atoms with Crippen LogP contribution < -0.4 is 5.32 Å². The van der Waals surface area contributed by atoms with E-state index in [1.807, 2.05) is 11.8 Å². The molecule has 34 heavy (non-hydrogen) atoms. The van der Waals surface area contributed by atoms with Crippen LogP contribution >= 0.6 is 0 Å². The van der Waals surface area contributed by atoms with Gasteiger partial charge in [0.25, 0.3) is 5.91 Å². The molecular formula is C28H34N2O4. The Kier molecular flexibility index (Phi) is 7.29. The van der Waals surface area contributed by atoms with E-state index in [1.54, 1.807) is 60.7 Å². The molecule has 2 aromatic carbocycles. The topological polar surface area (TPSA) is 86.7 Å². The van der Waals surface area contributed by atoms with Crippen LogP contribution in [0.2, 0.25) is 0 Å². The minimum atomic E-state index is -2.01. The number of Topliss-reactive ketones (excluding diaryl/α,β-unsaturated/α-hetero) is 1. The van der Waals surface area contributed by atoms with Gasteiger partial charge in [-0.2, -0.15) is 0 Å². The Hall–Kier alpha value is -2.83. The first kappa shape index (κ1) is 24.3. The fourth-order valence-electron chi connectivity index (χ4n) is 5.37. The lowest BCUT2D eigenvalue weighted by Gasteiger charge is -2.34. The molecule has 1 heterocycles. The van der Waals surface area contributed by atoms with E-state index in [1.165, 1.54) is 6.42 Å². The van der Waals surface area contributed by atoms with Crippen LogP contribution in [0.15, 0.2) is 60.7 Å². The van der Waals surface area contributed by atoms with Crippen molar-refractivity contribution in [1.29, 1.82) is 0 Å². The van der Waals surface area contributed by atoms with Gasteiger partial charge in [0.15, 0.2) is 11.4 Å². The van der Waals surface area contributed by atoms with E-state index in [2.05, 4.69) is 5.32 Å². The molecule has 0 spiro atoms. The Morgan fingerprint density at radius 1 is 0.941 bits per heavy atom. The van der Waals surface area contributed by atoms with Gasteiger partial charge < -0.3 is 5.11 Å². The quantitative estimate of drug-likeness (QED) is 0.657. The van der Waals surface area contributed by atoms with E-state index in [0.29, 0.717) is 24.1 Å². The van der Waals surface area contributed by atoms with Gasteiger partial charge in [0, 0.05) is 5.41 Å². The summed E-state index contributed by atoms with van der Waals surface area (Å²) in [4.78, 5) is 41.6. The molecule has 0 bridgehead atoms. The molecule has 2 N–H and O–H groups in total. The third kappa shape index (κ3) is 4.84. The first-order valence-corrected chi connectivity index (χ1v) is 12.3. The van der Waals surface area contributed by atoms with Gasteiger partial charge in [-0.3, -0.25) is 24.6 Å². The lowest BCUT2D eigenvalue weighted by molar-refractivity contribution is -0.143. The molecule has 180 valence electrons. The number of likely N-dealkylation sites (tertiary alicyclic amines) is 1. The molecule has 2 aromatic rings. The lowest BCUT2D eigenvalue weighted by Crippen LogP contribution is -2.53. The van der Waals surface area contributed by atoms with Gasteiger partial charge in [0.1, 0.15) is 0 Å². The number of ketones is 1. The van der Waals surface area contributed by atoms with E-state index in [4.69, 9.17) is 0 Å². The molecule has 6 heteroatoms. The fourth-order valence-corrected chi connectivity index (χ4v) is 5.37. The van der Waals surface area contributed by atoms with Crippen LogP contribution in [0.3, 0.4) is 0 Å². The van der Waals surface area contributed by atoms with Gasteiger partial charge in [-0.15, -0.1) is 0 Å². The molecule has 4 rings (SSSR count). The number of aliphatic hydroxyl groups is 1. The van der Waals surface area contributed by atoms with Gasteiger partial charge >= 0.3 is 0 Å². The van der Waals surface area contributed by atoms with Crippen LogP contribution in [0.25, 0.3) is 0 Å². The summed E-state index contributed by atoms with van der Waals surface area (Å²) in [5, 5.41) is 14.1. The second kappa shape index (κ2) is 10.2. The Bertz CT molecular complexity index is 976. The van der Waals surface area contributed by atoms with E-state index in [9.17, 15) is 19.5 Å². The zero-order chi connectivity index (χ0) is 24.2. The molecule has 2 aliphatic rings. The highest BCUT2D eigenvalue weighted by Crippen LogP contribution is 2.37. The maximum absolute atomic E-state index is 13.4. The van der Waals surface area contributed by atoms with Crippen molar-refractivity contribution < 1.29 is 19.5 Å². The predicted octanol–water partition coefficient (Wildman–Crippen LogP) is 3.57. The van der Waals surface area contributed by atoms with Crippen molar-refractivity contribution in [2.45, 2.75) is 63.5 Å². The molecule has 6 nitrogen and oxygen atoms in total. The zero-order valence-electron chi connectivity index (χ0n) is 19.8. The maximum atomic E-state index is 13.4. The van der Waals surface area contributed by atoms with E-state index in [0.717, 1.165) is 32.1 Å². The van der Waals surface area contributed by atoms with Crippen molar-refractivity contribution in [1.82, 2.24) is 10.2 Å². The second-order valence-corrected chi connectivity index (χ2v) is 9.93. The Labute approximate surface area is 201 Å². The first-order chi connectivity index (χ1) is 16.3. The van der Waals surface area contributed by atoms with Gasteiger partial charge in [-0.05, 0) is 43.4 Å². The summed E-state index contributed by atoms with van der Waals surface area (Å²) < 4.78 is 0. The number of amides is 2. The van der Waals surface area contributed by atoms with E-state index in [-0.39, 0.29) is 17.7 Å². The predicted molar refractivity (Wildman–Crippen MR) is 130 cm³/mol. The third-order valence-corrected chi connectivity index (χ3v) is 7.59. The summed E-state index contributed by atoms with van der Waals surface area (Å²) in [7, 11) is 0. The van der Waals surface area contributed by atoms with Crippen molar-refractivity contribution >= 4 is 17.6 Å². The number of carbonyl (C=O) groups excluding carboxylic acids is 3. The summed E-state index contributed by atoms with van der Waals surface area (Å²) in [5.74, 6) is -1.06.